The molecule has 0 aromatic rings. The van der Waals surface area contributed by atoms with Gasteiger partial charge in [-0.2, -0.15) is 13.2 Å². The van der Waals surface area contributed by atoms with E-state index in [2.05, 4.69) is 0 Å². The number of aliphatic hydroxyl groups excluding tert-OH is 1. The Labute approximate surface area is 74.4 Å². The molecule has 0 bridgehead atoms. The first-order valence-electron chi connectivity index (χ1n) is 4.29. The topological polar surface area (TPSA) is 40.5 Å². The Morgan fingerprint density at radius 2 is 1.77 bits per heavy atom. The lowest BCUT2D eigenvalue weighted by Gasteiger charge is -2.35. The van der Waals surface area contributed by atoms with E-state index >= 15 is 0 Å². The second kappa shape index (κ2) is 3.46. The van der Waals surface area contributed by atoms with E-state index in [9.17, 15) is 13.2 Å². The molecule has 1 atom stereocenters. The van der Waals surface area contributed by atoms with Crippen molar-refractivity contribution in [2.45, 2.75) is 37.5 Å². The molecule has 13 heavy (non-hydrogen) atoms. The molecule has 5 heteroatoms. The molecule has 78 valence electrons. The molecule has 0 aromatic heterocycles. The Morgan fingerprint density at radius 1 is 1.23 bits per heavy atom. The van der Waals surface area contributed by atoms with Gasteiger partial charge in [-0.3, -0.25) is 0 Å². The van der Waals surface area contributed by atoms with Gasteiger partial charge in [0.25, 0.3) is 0 Å². The molecule has 0 saturated heterocycles. The van der Waals surface area contributed by atoms with Crippen molar-refractivity contribution >= 4 is 0 Å². The van der Waals surface area contributed by atoms with Crippen molar-refractivity contribution in [2.75, 3.05) is 6.61 Å². The van der Waals surface area contributed by atoms with Gasteiger partial charge >= 0.3 is 6.18 Å². The maximum absolute atomic E-state index is 12.2. The van der Waals surface area contributed by atoms with Gasteiger partial charge in [0.15, 0.2) is 5.60 Å². The molecule has 0 amide bonds. The summed E-state index contributed by atoms with van der Waals surface area (Å²) in [6.45, 7) is -1.24. The lowest BCUT2D eigenvalue weighted by molar-refractivity contribution is -0.278. The Balaban J connectivity index is 2.57. The summed E-state index contributed by atoms with van der Waals surface area (Å²) in [5, 5.41) is 17.6. The van der Waals surface area contributed by atoms with Gasteiger partial charge < -0.3 is 10.2 Å². The third-order valence-corrected chi connectivity index (χ3v) is 2.64. The van der Waals surface area contributed by atoms with Gasteiger partial charge in [0.1, 0.15) is 0 Å². The van der Waals surface area contributed by atoms with Crippen LogP contribution in [0.1, 0.15) is 25.7 Å². The van der Waals surface area contributed by atoms with Crippen molar-refractivity contribution in [3.8, 4) is 0 Å². The Morgan fingerprint density at radius 3 is 2.00 bits per heavy atom. The average molecular weight is 198 g/mol. The highest BCUT2D eigenvalue weighted by Gasteiger charge is 2.54. The summed E-state index contributed by atoms with van der Waals surface area (Å²) < 4.78 is 36.6. The molecule has 1 aliphatic carbocycles. The number of alkyl halides is 3. The zero-order valence-electron chi connectivity index (χ0n) is 7.14. The van der Waals surface area contributed by atoms with Gasteiger partial charge in [0, 0.05) is 0 Å². The molecular weight excluding hydrogens is 185 g/mol. The minimum atomic E-state index is -4.72. The molecule has 0 radical (unpaired) electrons. The van der Waals surface area contributed by atoms with Crippen LogP contribution in [0.3, 0.4) is 0 Å². The zero-order chi connectivity index (χ0) is 10.1. The molecule has 1 saturated carbocycles. The number of halogens is 3. The van der Waals surface area contributed by atoms with E-state index in [-0.39, 0.29) is 12.3 Å². The molecule has 2 nitrogen and oxygen atoms in total. The molecule has 0 spiro atoms. The lowest BCUT2D eigenvalue weighted by Crippen LogP contribution is -2.50. The molecule has 1 aliphatic rings. The van der Waals surface area contributed by atoms with E-state index in [1.54, 1.807) is 0 Å². The molecule has 1 fully saturated rings. The van der Waals surface area contributed by atoms with Crippen LogP contribution in [0.25, 0.3) is 0 Å². The third kappa shape index (κ3) is 2.14. The van der Waals surface area contributed by atoms with E-state index in [0.29, 0.717) is 0 Å². The quantitative estimate of drug-likeness (QED) is 0.720. The summed E-state index contributed by atoms with van der Waals surface area (Å²) in [6.07, 6.45) is -2.73. The first-order chi connectivity index (χ1) is 5.89. The maximum atomic E-state index is 12.2. The van der Waals surface area contributed by atoms with Gasteiger partial charge in [-0.05, 0) is 12.3 Å². The molecule has 1 unspecified atom stereocenters. The van der Waals surface area contributed by atoms with Crippen LogP contribution in [0.2, 0.25) is 0 Å². The fourth-order valence-corrected chi connectivity index (χ4v) is 1.44. The van der Waals surface area contributed by atoms with E-state index in [0.717, 1.165) is 19.3 Å². The first kappa shape index (κ1) is 10.8. The summed E-state index contributed by atoms with van der Waals surface area (Å²) in [5.41, 5.74) is -2.89. The van der Waals surface area contributed by atoms with Crippen molar-refractivity contribution < 1.29 is 23.4 Å². The van der Waals surface area contributed by atoms with Crippen LogP contribution in [-0.4, -0.2) is 28.6 Å². The minimum Gasteiger partial charge on any atom is -0.393 e. The fraction of sp³-hybridized carbons (Fsp3) is 1.00. The highest BCUT2D eigenvalue weighted by atomic mass is 19.4. The number of hydrogen-bond acceptors (Lipinski definition) is 2. The number of hydrogen-bond donors (Lipinski definition) is 2. The van der Waals surface area contributed by atoms with E-state index < -0.39 is 18.4 Å². The summed E-state index contributed by atoms with van der Waals surface area (Å²) in [6, 6.07) is 0. The van der Waals surface area contributed by atoms with Crippen molar-refractivity contribution in [3.05, 3.63) is 0 Å². The van der Waals surface area contributed by atoms with Crippen LogP contribution in [0, 0.1) is 5.92 Å². The maximum Gasteiger partial charge on any atom is 0.419 e. The molecule has 2 N–H and O–H groups in total. The molecule has 0 aromatic carbocycles. The number of aliphatic hydroxyl groups is 2. The highest BCUT2D eigenvalue weighted by molar-refractivity contribution is 4.90. The second-order valence-electron chi connectivity index (χ2n) is 3.69. The first-order valence-corrected chi connectivity index (χ1v) is 4.29. The standard InChI is InChI=1S/C8H13F3O2/c9-8(10,11)7(13,5-12)4-6-2-1-3-6/h6,12-13H,1-5H2. The van der Waals surface area contributed by atoms with Gasteiger partial charge in [0.05, 0.1) is 6.61 Å². The molecule has 0 aliphatic heterocycles. The van der Waals surface area contributed by atoms with Crippen LogP contribution in [0.5, 0.6) is 0 Å². The lowest BCUT2D eigenvalue weighted by atomic mass is 9.77. The summed E-state index contributed by atoms with van der Waals surface area (Å²) in [5.74, 6) is -0.0845. The summed E-state index contributed by atoms with van der Waals surface area (Å²) in [7, 11) is 0. The van der Waals surface area contributed by atoms with Crippen LogP contribution in [-0.2, 0) is 0 Å². The predicted octanol–water partition coefficient (Wildman–Crippen LogP) is 1.46. The van der Waals surface area contributed by atoms with E-state index in [1.165, 1.54) is 0 Å². The Kier molecular flexibility index (Phi) is 2.87. The summed E-state index contributed by atoms with van der Waals surface area (Å²) in [4.78, 5) is 0. The van der Waals surface area contributed by atoms with Gasteiger partial charge in [-0.15, -0.1) is 0 Å². The van der Waals surface area contributed by atoms with Crippen LogP contribution < -0.4 is 0 Å². The SMILES string of the molecule is OCC(O)(CC1CCC1)C(F)(F)F. The minimum absolute atomic E-state index is 0.0845. The van der Waals surface area contributed by atoms with Crippen LogP contribution in [0.15, 0.2) is 0 Å². The van der Waals surface area contributed by atoms with Gasteiger partial charge in [0.2, 0.25) is 0 Å². The summed E-state index contributed by atoms with van der Waals surface area (Å²) >= 11 is 0. The average Bonchev–Trinajstić information content (AvgIpc) is 1.94. The van der Waals surface area contributed by atoms with Crippen molar-refractivity contribution in [1.82, 2.24) is 0 Å². The van der Waals surface area contributed by atoms with Crippen molar-refractivity contribution in [3.63, 3.8) is 0 Å². The zero-order valence-corrected chi connectivity index (χ0v) is 7.14. The largest absolute Gasteiger partial charge is 0.419 e. The smallest absolute Gasteiger partial charge is 0.393 e. The third-order valence-electron chi connectivity index (χ3n) is 2.64. The Hall–Kier alpha value is -0.290. The monoisotopic (exact) mass is 198 g/mol. The fourth-order valence-electron chi connectivity index (χ4n) is 1.44. The van der Waals surface area contributed by atoms with Crippen molar-refractivity contribution in [2.24, 2.45) is 5.92 Å². The van der Waals surface area contributed by atoms with Gasteiger partial charge in [-0.25, -0.2) is 0 Å². The van der Waals surface area contributed by atoms with E-state index in [1.807, 2.05) is 0 Å². The van der Waals surface area contributed by atoms with Crippen LogP contribution >= 0.6 is 0 Å². The number of rotatable bonds is 3. The van der Waals surface area contributed by atoms with E-state index in [4.69, 9.17) is 10.2 Å². The van der Waals surface area contributed by atoms with Crippen LogP contribution in [0.4, 0.5) is 13.2 Å². The highest BCUT2D eigenvalue weighted by Crippen LogP contribution is 2.40. The predicted molar refractivity (Wildman–Crippen MR) is 40.0 cm³/mol. The van der Waals surface area contributed by atoms with Gasteiger partial charge in [-0.1, -0.05) is 19.3 Å². The normalized spacial score (nSPS) is 23.8. The molecule has 1 rings (SSSR count). The second-order valence-corrected chi connectivity index (χ2v) is 3.69. The molecular formula is C8H13F3O2. The molecule has 0 heterocycles. The van der Waals surface area contributed by atoms with Crippen molar-refractivity contribution in [1.29, 1.82) is 0 Å². The Bertz CT molecular complexity index is 177.